The quantitative estimate of drug-likeness (QED) is 0.877. The van der Waals surface area contributed by atoms with Crippen molar-refractivity contribution in [2.24, 2.45) is 11.7 Å². The highest BCUT2D eigenvalue weighted by molar-refractivity contribution is 7.91. The topological polar surface area (TPSA) is 66.6 Å². The normalized spacial score (nSPS) is 22.2. The van der Waals surface area contributed by atoms with E-state index in [4.69, 9.17) is 5.73 Å². The fourth-order valence-corrected chi connectivity index (χ4v) is 5.34. The summed E-state index contributed by atoms with van der Waals surface area (Å²) in [5, 5.41) is 1.83. The summed E-state index contributed by atoms with van der Waals surface area (Å²) in [5.41, 5.74) is 6.44. The first-order valence-corrected chi connectivity index (χ1v) is 9.41. The van der Waals surface area contributed by atoms with Crippen LogP contribution in [-0.2, 0) is 16.6 Å². The molecule has 3 rings (SSSR count). The second kappa shape index (κ2) is 5.73. The lowest BCUT2D eigenvalue weighted by Gasteiger charge is -2.33. The van der Waals surface area contributed by atoms with Crippen LogP contribution >= 0.6 is 11.3 Å². The molecule has 0 unspecified atom stereocenters. The molecule has 1 aliphatic carbocycles. The maximum atomic E-state index is 12.5. The van der Waals surface area contributed by atoms with Gasteiger partial charge in [0.25, 0.3) is 10.0 Å². The van der Waals surface area contributed by atoms with Crippen LogP contribution in [0.4, 0.5) is 0 Å². The van der Waals surface area contributed by atoms with E-state index in [1.54, 1.807) is 10.4 Å². The van der Waals surface area contributed by atoms with Crippen LogP contribution in [-0.4, -0.2) is 50.3 Å². The molecule has 112 valence electrons. The zero-order valence-electron chi connectivity index (χ0n) is 11.5. The number of hydrogen-bond donors (Lipinski definition) is 1. The molecule has 1 aromatic rings. The van der Waals surface area contributed by atoms with Crippen molar-refractivity contribution >= 4 is 21.4 Å². The largest absolute Gasteiger partial charge is 0.326 e. The number of nitrogens with zero attached hydrogens (tertiary/aromatic N) is 2. The molecule has 0 spiro atoms. The Morgan fingerprint density at radius 1 is 1.25 bits per heavy atom. The molecule has 1 aliphatic heterocycles. The average molecular weight is 315 g/mol. The Morgan fingerprint density at radius 2 is 1.95 bits per heavy atom. The summed E-state index contributed by atoms with van der Waals surface area (Å²) >= 11 is 1.27. The van der Waals surface area contributed by atoms with Gasteiger partial charge < -0.3 is 10.6 Å². The molecule has 0 amide bonds. The Morgan fingerprint density at radius 3 is 2.50 bits per heavy atom. The fraction of sp³-hybridized carbons (Fsp3) is 0.692. The van der Waals surface area contributed by atoms with Gasteiger partial charge in [-0.15, -0.1) is 11.3 Å². The fourth-order valence-electron chi connectivity index (χ4n) is 2.54. The van der Waals surface area contributed by atoms with Gasteiger partial charge in [-0.2, -0.15) is 4.31 Å². The average Bonchev–Trinajstić information content (AvgIpc) is 3.12. The van der Waals surface area contributed by atoms with Gasteiger partial charge in [-0.05, 0) is 35.8 Å². The zero-order chi connectivity index (χ0) is 14.2. The van der Waals surface area contributed by atoms with Gasteiger partial charge in [-0.25, -0.2) is 8.42 Å². The monoisotopic (exact) mass is 315 g/mol. The number of hydrogen-bond acceptors (Lipinski definition) is 5. The number of sulfonamides is 1. The van der Waals surface area contributed by atoms with Crippen LogP contribution in [0.3, 0.4) is 0 Å². The van der Waals surface area contributed by atoms with Gasteiger partial charge in [0.2, 0.25) is 0 Å². The van der Waals surface area contributed by atoms with Gasteiger partial charge in [0.15, 0.2) is 0 Å². The molecule has 2 heterocycles. The number of piperazine rings is 1. The zero-order valence-corrected chi connectivity index (χ0v) is 13.1. The summed E-state index contributed by atoms with van der Waals surface area (Å²) in [6.45, 7) is 4.44. The van der Waals surface area contributed by atoms with Crippen molar-refractivity contribution in [2.45, 2.75) is 23.6 Å². The van der Waals surface area contributed by atoms with Crippen LogP contribution in [0.25, 0.3) is 0 Å². The molecule has 0 radical (unpaired) electrons. The highest BCUT2D eigenvalue weighted by Gasteiger charge is 2.31. The van der Waals surface area contributed by atoms with E-state index >= 15 is 0 Å². The first kappa shape index (κ1) is 14.5. The minimum Gasteiger partial charge on any atom is -0.326 e. The molecular formula is C13H21N3O2S2. The molecule has 7 heteroatoms. The molecule has 1 aromatic heterocycles. The molecule has 0 aromatic carbocycles. The van der Waals surface area contributed by atoms with E-state index in [2.05, 4.69) is 4.90 Å². The smallest absolute Gasteiger partial charge is 0.252 e. The van der Waals surface area contributed by atoms with Crippen molar-refractivity contribution in [2.75, 3.05) is 32.7 Å². The van der Waals surface area contributed by atoms with E-state index in [-0.39, 0.29) is 0 Å². The van der Waals surface area contributed by atoms with Crippen LogP contribution in [0.5, 0.6) is 0 Å². The predicted molar refractivity (Wildman–Crippen MR) is 80.1 cm³/mol. The van der Waals surface area contributed by atoms with Crippen LogP contribution in [0, 0.1) is 5.92 Å². The standard InChI is InChI=1S/C13H21N3O2S2/c14-8-12-7-13(19-10-12)20(17,18)16-5-3-15(4-6-16)9-11-1-2-11/h7,10-11H,1-6,8-9,14H2. The Balaban J connectivity index is 1.63. The second-order valence-corrected chi connectivity index (χ2v) is 8.70. The lowest BCUT2D eigenvalue weighted by atomic mass is 10.3. The molecular weight excluding hydrogens is 294 g/mol. The third-order valence-corrected chi connectivity index (χ3v) is 7.37. The minimum atomic E-state index is -3.32. The first-order chi connectivity index (χ1) is 9.59. The molecule has 20 heavy (non-hydrogen) atoms. The molecule has 0 bridgehead atoms. The van der Waals surface area contributed by atoms with Crippen molar-refractivity contribution in [3.8, 4) is 0 Å². The third kappa shape index (κ3) is 3.07. The summed E-state index contributed by atoms with van der Waals surface area (Å²) in [7, 11) is -3.32. The van der Waals surface area contributed by atoms with Crippen LogP contribution in [0.1, 0.15) is 18.4 Å². The van der Waals surface area contributed by atoms with Gasteiger partial charge in [-0.1, -0.05) is 0 Å². The van der Waals surface area contributed by atoms with E-state index in [9.17, 15) is 8.42 Å². The second-order valence-electron chi connectivity index (χ2n) is 5.63. The van der Waals surface area contributed by atoms with Crippen molar-refractivity contribution < 1.29 is 8.42 Å². The maximum Gasteiger partial charge on any atom is 0.252 e. The number of nitrogens with two attached hydrogens (primary N) is 1. The van der Waals surface area contributed by atoms with E-state index < -0.39 is 10.0 Å². The molecule has 0 atom stereocenters. The minimum absolute atomic E-state index is 0.390. The predicted octanol–water partition coefficient (Wildman–Crippen LogP) is 0.923. The van der Waals surface area contributed by atoms with Gasteiger partial charge in [0.1, 0.15) is 4.21 Å². The van der Waals surface area contributed by atoms with Gasteiger partial charge in [0, 0.05) is 39.3 Å². The lowest BCUT2D eigenvalue weighted by Crippen LogP contribution is -2.48. The SMILES string of the molecule is NCc1csc(S(=O)(=O)N2CCN(CC3CC3)CC2)c1. The molecule has 1 saturated carbocycles. The summed E-state index contributed by atoms with van der Waals surface area (Å²) in [4.78, 5) is 2.39. The van der Waals surface area contributed by atoms with Crippen molar-refractivity contribution in [1.82, 2.24) is 9.21 Å². The van der Waals surface area contributed by atoms with Crippen LogP contribution < -0.4 is 5.73 Å². The summed E-state index contributed by atoms with van der Waals surface area (Å²) < 4.78 is 27.1. The third-order valence-electron chi connectivity index (χ3n) is 4.00. The Bertz CT molecular complexity index is 558. The summed E-state index contributed by atoms with van der Waals surface area (Å²) in [5.74, 6) is 0.863. The Hall–Kier alpha value is -0.470. The molecule has 5 nitrogen and oxygen atoms in total. The number of thiophene rings is 1. The van der Waals surface area contributed by atoms with Crippen LogP contribution in [0.2, 0.25) is 0 Å². The van der Waals surface area contributed by atoms with Crippen molar-refractivity contribution in [3.05, 3.63) is 17.0 Å². The van der Waals surface area contributed by atoms with E-state index in [1.807, 2.05) is 5.38 Å². The highest BCUT2D eigenvalue weighted by atomic mass is 32.2. The van der Waals surface area contributed by atoms with Crippen molar-refractivity contribution in [3.63, 3.8) is 0 Å². The molecule has 2 fully saturated rings. The number of rotatable bonds is 5. The summed E-state index contributed by atoms with van der Waals surface area (Å²) in [6.07, 6.45) is 2.69. The first-order valence-electron chi connectivity index (χ1n) is 7.09. The Labute approximate surface area is 124 Å². The highest BCUT2D eigenvalue weighted by Crippen LogP contribution is 2.30. The van der Waals surface area contributed by atoms with Crippen molar-refractivity contribution in [1.29, 1.82) is 0 Å². The lowest BCUT2D eigenvalue weighted by molar-refractivity contribution is 0.182. The maximum absolute atomic E-state index is 12.5. The molecule has 1 saturated heterocycles. The van der Waals surface area contributed by atoms with E-state index in [0.717, 1.165) is 31.1 Å². The van der Waals surface area contributed by atoms with Gasteiger partial charge >= 0.3 is 0 Å². The van der Waals surface area contributed by atoms with E-state index in [1.165, 1.54) is 24.2 Å². The molecule has 2 N–H and O–H groups in total. The van der Waals surface area contributed by atoms with Crippen LogP contribution in [0.15, 0.2) is 15.7 Å². The summed E-state index contributed by atoms with van der Waals surface area (Å²) in [6, 6.07) is 1.70. The molecule has 2 aliphatic rings. The van der Waals surface area contributed by atoms with E-state index in [0.29, 0.717) is 23.8 Å². The Kier molecular flexibility index (Phi) is 4.14. The van der Waals surface area contributed by atoms with Gasteiger partial charge in [-0.3, -0.25) is 0 Å². The van der Waals surface area contributed by atoms with Gasteiger partial charge in [0.05, 0.1) is 0 Å².